The number of nitrogens with zero attached hydrogens (tertiary/aromatic N) is 1. The first-order chi connectivity index (χ1) is 9.76. The number of rotatable bonds is 4. The van der Waals surface area contributed by atoms with E-state index in [1.54, 1.807) is 0 Å². The standard InChI is InChI=1S/C16H20N2OS/c1-11-17-14-3-2-4-15(16(14)20-11)18-13-7-5-12(6-8-13)9-10-19/h5-8,15,18-19H,2-4,9-10H2,1H3. The molecular formula is C16H20N2OS. The van der Waals surface area contributed by atoms with Gasteiger partial charge in [0.15, 0.2) is 0 Å². The molecule has 1 unspecified atom stereocenters. The van der Waals surface area contributed by atoms with E-state index in [1.807, 2.05) is 11.3 Å². The van der Waals surface area contributed by atoms with Gasteiger partial charge in [-0.2, -0.15) is 0 Å². The summed E-state index contributed by atoms with van der Waals surface area (Å²) in [5.41, 5.74) is 3.61. The van der Waals surface area contributed by atoms with Crippen LogP contribution in [0.3, 0.4) is 0 Å². The number of aromatic nitrogens is 1. The molecule has 3 nitrogen and oxygen atoms in total. The molecule has 106 valence electrons. The van der Waals surface area contributed by atoms with Crippen LogP contribution in [0.2, 0.25) is 0 Å². The number of benzene rings is 1. The molecule has 0 radical (unpaired) electrons. The maximum Gasteiger partial charge on any atom is 0.0900 e. The number of hydrogen-bond donors (Lipinski definition) is 2. The summed E-state index contributed by atoms with van der Waals surface area (Å²) >= 11 is 1.82. The number of aryl methyl sites for hydroxylation is 2. The van der Waals surface area contributed by atoms with Crippen molar-refractivity contribution in [3.8, 4) is 0 Å². The van der Waals surface area contributed by atoms with E-state index in [0.717, 1.165) is 18.5 Å². The molecule has 0 fully saturated rings. The average Bonchev–Trinajstić information content (AvgIpc) is 2.83. The van der Waals surface area contributed by atoms with Gasteiger partial charge in [0, 0.05) is 12.3 Å². The van der Waals surface area contributed by atoms with Crippen molar-refractivity contribution < 1.29 is 5.11 Å². The highest BCUT2D eigenvalue weighted by atomic mass is 32.1. The van der Waals surface area contributed by atoms with Crippen LogP contribution in [0.4, 0.5) is 5.69 Å². The van der Waals surface area contributed by atoms with Crippen LogP contribution in [0.25, 0.3) is 0 Å². The largest absolute Gasteiger partial charge is 0.396 e. The van der Waals surface area contributed by atoms with E-state index in [2.05, 4.69) is 41.5 Å². The predicted octanol–water partition coefficient (Wildman–Crippen LogP) is 3.48. The second kappa shape index (κ2) is 5.94. The lowest BCUT2D eigenvalue weighted by molar-refractivity contribution is 0.299. The Bertz CT molecular complexity index is 577. The summed E-state index contributed by atoms with van der Waals surface area (Å²) in [7, 11) is 0. The van der Waals surface area contributed by atoms with E-state index in [-0.39, 0.29) is 6.61 Å². The van der Waals surface area contributed by atoms with Gasteiger partial charge >= 0.3 is 0 Å². The SMILES string of the molecule is Cc1nc2c(s1)C(Nc1ccc(CCO)cc1)CCC2. The van der Waals surface area contributed by atoms with Crippen molar-refractivity contribution >= 4 is 17.0 Å². The van der Waals surface area contributed by atoms with Crippen LogP contribution in [0, 0.1) is 6.92 Å². The smallest absolute Gasteiger partial charge is 0.0900 e. The Morgan fingerprint density at radius 1 is 1.35 bits per heavy atom. The zero-order chi connectivity index (χ0) is 13.9. The van der Waals surface area contributed by atoms with Crippen molar-refractivity contribution in [1.82, 2.24) is 4.98 Å². The molecule has 0 bridgehead atoms. The fourth-order valence-electron chi connectivity index (χ4n) is 2.78. The van der Waals surface area contributed by atoms with Crippen LogP contribution >= 0.6 is 11.3 Å². The Labute approximate surface area is 123 Å². The minimum Gasteiger partial charge on any atom is -0.396 e. The first kappa shape index (κ1) is 13.6. The van der Waals surface area contributed by atoms with Crippen LogP contribution < -0.4 is 5.32 Å². The molecular weight excluding hydrogens is 268 g/mol. The van der Waals surface area contributed by atoms with Gasteiger partial charge < -0.3 is 10.4 Å². The van der Waals surface area contributed by atoms with E-state index in [4.69, 9.17) is 5.11 Å². The van der Waals surface area contributed by atoms with Crippen molar-refractivity contribution in [1.29, 1.82) is 0 Å². The summed E-state index contributed by atoms with van der Waals surface area (Å²) in [5, 5.41) is 13.7. The Kier molecular flexibility index (Phi) is 4.03. The van der Waals surface area contributed by atoms with Gasteiger partial charge in [-0.1, -0.05) is 12.1 Å². The molecule has 1 aliphatic rings. The van der Waals surface area contributed by atoms with Crippen LogP contribution in [0.5, 0.6) is 0 Å². The number of aliphatic hydroxyl groups excluding tert-OH is 1. The van der Waals surface area contributed by atoms with Crippen LogP contribution in [-0.2, 0) is 12.8 Å². The lowest BCUT2D eigenvalue weighted by Gasteiger charge is -2.23. The molecule has 3 rings (SSSR count). The minimum absolute atomic E-state index is 0.207. The number of hydrogen-bond acceptors (Lipinski definition) is 4. The maximum absolute atomic E-state index is 8.94. The molecule has 1 aromatic heterocycles. The fraction of sp³-hybridized carbons (Fsp3) is 0.438. The summed E-state index contributed by atoms with van der Waals surface area (Å²) in [6.45, 7) is 2.29. The molecule has 0 saturated carbocycles. The van der Waals surface area contributed by atoms with E-state index in [0.29, 0.717) is 6.04 Å². The summed E-state index contributed by atoms with van der Waals surface area (Å²) in [4.78, 5) is 6.04. The fourth-order valence-corrected chi connectivity index (χ4v) is 3.84. The molecule has 0 saturated heterocycles. The Balaban J connectivity index is 1.75. The summed E-state index contributed by atoms with van der Waals surface area (Å²) in [5.74, 6) is 0. The third kappa shape index (κ3) is 2.86. The van der Waals surface area contributed by atoms with Crippen molar-refractivity contribution in [2.75, 3.05) is 11.9 Å². The molecule has 0 aliphatic heterocycles. The lowest BCUT2D eigenvalue weighted by atomic mass is 9.97. The topological polar surface area (TPSA) is 45.2 Å². The van der Waals surface area contributed by atoms with Crippen LogP contribution in [-0.4, -0.2) is 16.7 Å². The van der Waals surface area contributed by atoms with Crippen LogP contribution in [0.15, 0.2) is 24.3 Å². The second-order valence-electron chi connectivity index (χ2n) is 5.30. The first-order valence-electron chi connectivity index (χ1n) is 7.19. The Morgan fingerprint density at radius 3 is 2.90 bits per heavy atom. The van der Waals surface area contributed by atoms with E-state index in [9.17, 15) is 0 Å². The van der Waals surface area contributed by atoms with E-state index in [1.165, 1.54) is 34.0 Å². The molecule has 1 heterocycles. The molecule has 1 aliphatic carbocycles. The van der Waals surface area contributed by atoms with E-state index < -0.39 is 0 Å². The predicted molar refractivity (Wildman–Crippen MR) is 83.4 cm³/mol. The van der Waals surface area contributed by atoms with Gasteiger partial charge in [0.2, 0.25) is 0 Å². The quantitative estimate of drug-likeness (QED) is 0.905. The average molecular weight is 288 g/mol. The van der Waals surface area contributed by atoms with Gasteiger partial charge in [-0.3, -0.25) is 0 Å². The Morgan fingerprint density at radius 2 is 2.15 bits per heavy atom. The molecule has 1 atom stereocenters. The first-order valence-corrected chi connectivity index (χ1v) is 8.00. The summed E-state index contributed by atoms with van der Waals surface area (Å²) in [6.07, 6.45) is 4.22. The summed E-state index contributed by atoms with van der Waals surface area (Å²) < 4.78 is 0. The molecule has 0 spiro atoms. The lowest BCUT2D eigenvalue weighted by Crippen LogP contribution is -2.15. The third-order valence-corrected chi connectivity index (χ3v) is 4.88. The van der Waals surface area contributed by atoms with Crippen molar-refractivity contribution in [3.05, 3.63) is 45.4 Å². The zero-order valence-electron chi connectivity index (χ0n) is 11.7. The van der Waals surface area contributed by atoms with Crippen LogP contribution in [0.1, 0.15) is 40.0 Å². The molecule has 2 aromatic rings. The highest BCUT2D eigenvalue weighted by molar-refractivity contribution is 7.11. The van der Waals surface area contributed by atoms with Gasteiger partial charge in [-0.05, 0) is 50.3 Å². The normalized spacial score (nSPS) is 17.8. The van der Waals surface area contributed by atoms with Gasteiger partial charge in [0.05, 0.1) is 21.6 Å². The highest BCUT2D eigenvalue weighted by Gasteiger charge is 2.23. The van der Waals surface area contributed by atoms with Gasteiger partial charge in [0.25, 0.3) is 0 Å². The zero-order valence-corrected chi connectivity index (χ0v) is 12.5. The second-order valence-corrected chi connectivity index (χ2v) is 6.54. The summed E-state index contributed by atoms with van der Waals surface area (Å²) in [6, 6.07) is 8.77. The van der Waals surface area contributed by atoms with E-state index >= 15 is 0 Å². The maximum atomic E-state index is 8.94. The minimum atomic E-state index is 0.207. The Hall–Kier alpha value is -1.39. The molecule has 20 heavy (non-hydrogen) atoms. The highest BCUT2D eigenvalue weighted by Crippen LogP contribution is 2.36. The van der Waals surface area contributed by atoms with Crippen molar-refractivity contribution in [2.24, 2.45) is 0 Å². The number of fused-ring (bicyclic) bond motifs is 1. The number of aliphatic hydroxyl groups is 1. The van der Waals surface area contributed by atoms with Gasteiger partial charge in [0.1, 0.15) is 0 Å². The molecule has 4 heteroatoms. The van der Waals surface area contributed by atoms with Gasteiger partial charge in [-0.25, -0.2) is 4.98 Å². The number of nitrogens with one attached hydrogen (secondary N) is 1. The number of anilines is 1. The van der Waals surface area contributed by atoms with Crippen molar-refractivity contribution in [2.45, 2.75) is 38.6 Å². The van der Waals surface area contributed by atoms with Crippen molar-refractivity contribution in [3.63, 3.8) is 0 Å². The number of thiazole rings is 1. The monoisotopic (exact) mass is 288 g/mol. The third-order valence-electron chi connectivity index (χ3n) is 3.75. The molecule has 2 N–H and O–H groups in total. The van der Waals surface area contributed by atoms with Gasteiger partial charge in [-0.15, -0.1) is 11.3 Å². The molecule has 1 aromatic carbocycles. The molecule has 0 amide bonds.